The highest BCUT2D eigenvalue weighted by atomic mass is 32.1. The van der Waals surface area contributed by atoms with Crippen molar-refractivity contribution in [3.63, 3.8) is 0 Å². The fourth-order valence-electron chi connectivity index (χ4n) is 8.40. The van der Waals surface area contributed by atoms with Crippen LogP contribution in [0.5, 0.6) is 0 Å². The molecular formula is C28H38N4OS. The van der Waals surface area contributed by atoms with Crippen LogP contribution in [0, 0.1) is 35.5 Å². The molecule has 5 unspecified atom stereocenters. The Labute approximate surface area is 207 Å². The predicted molar refractivity (Wildman–Crippen MR) is 138 cm³/mol. The van der Waals surface area contributed by atoms with E-state index in [1.165, 1.54) is 67.4 Å². The third-order valence-corrected chi connectivity index (χ3v) is 11.0. The van der Waals surface area contributed by atoms with Gasteiger partial charge in [0.25, 0.3) is 0 Å². The topological polar surface area (TPSA) is 39.7 Å². The Hall–Kier alpha value is -1.66. The molecule has 2 saturated heterocycles. The number of likely N-dealkylation sites (tertiary alicyclic amines) is 1. The summed E-state index contributed by atoms with van der Waals surface area (Å²) in [6.07, 6.45) is 9.45. The van der Waals surface area contributed by atoms with Crippen LogP contribution in [-0.4, -0.2) is 65.9 Å². The minimum atomic E-state index is 0.399. The number of hydrogen-bond donors (Lipinski definition) is 0. The van der Waals surface area contributed by atoms with Gasteiger partial charge in [0.05, 0.1) is 4.70 Å². The molecule has 3 aliphatic carbocycles. The number of carbonyl (C=O) groups excluding carboxylic acids is 1. The zero-order valence-electron chi connectivity index (χ0n) is 20.3. The van der Waals surface area contributed by atoms with Crippen LogP contribution in [0.25, 0.3) is 10.1 Å². The number of nitrogens with zero attached hydrogens (tertiary/aromatic N) is 4. The third-order valence-electron chi connectivity index (χ3n) is 10.2. The minimum Gasteiger partial charge on any atom is -0.353 e. The van der Waals surface area contributed by atoms with Gasteiger partial charge in [-0.05, 0) is 85.4 Å². The SMILES string of the molecule is O=C1C2C3CCC(C3)C2CN1CC1CCCC[C@H]1CN1CCN(c2nsc3ccccc23)CC1. The predicted octanol–water partition coefficient (Wildman–Crippen LogP) is 4.73. The number of anilines is 1. The van der Waals surface area contributed by atoms with Gasteiger partial charge in [0.1, 0.15) is 5.82 Å². The summed E-state index contributed by atoms with van der Waals surface area (Å²) in [5.41, 5.74) is 0. The van der Waals surface area contributed by atoms with Crippen LogP contribution in [0.2, 0.25) is 0 Å². The van der Waals surface area contributed by atoms with Crippen LogP contribution in [-0.2, 0) is 4.79 Å². The number of aromatic nitrogens is 1. The number of carbonyl (C=O) groups is 1. The molecule has 3 saturated carbocycles. The second kappa shape index (κ2) is 8.77. The van der Waals surface area contributed by atoms with Crippen molar-refractivity contribution >= 4 is 33.3 Å². The molecule has 182 valence electrons. The number of benzene rings is 1. The second-order valence-corrected chi connectivity index (χ2v) is 12.7. The van der Waals surface area contributed by atoms with E-state index in [0.29, 0.717) is 23.7 Å². The van der Waals surface area contributed by atoms with Crippen molar-refractivity contribution in [3.05, 3.63) is 24.3 Å². The summed E-state index contributed by atoms with van der Waals surface area (Å²) < 4.78 is 6.08. The number of piperazine rings is 1. The standard InChI is InChI=1S/C28H38N4OS/c33-28-26-20-10-9-19(15-20)24(26)18-32(28)17-22-6-2-1-5-21(22)16-30-11-13-31(14-12-30)27-23-7-3-4-8-25(23)34-29-27/h3-4,7-8,19-22,24,26H,1-2,5-6,9-18H2/t19?,20?,21-,22?,24?,26?/m0/s1. The highest BCUT2D eigenvalue weighted by molar-refractivity contribution is 7.13. The number of hydrogen-bond acceptors (Lipinski definition) is 5. The Morgan fingerprint density at radius 1 is 0.912 bits per heavy atom. The highest BCUT2D eigenvalue weighted by Crippen LogP contribution is 2.55. The molecule has 7 rings (SSSR count). The lowest BCUT2D eigenvalue weighted by molar-refractivity contribution is -0.133. The number of fused-ring (bicyclic) bond motifs is 6. The second-order valence-electron chi connectivity index (χ2n) is 11.9. The van der Waals surface area contributed by atoms with Crippen LogP contribution in [0.1, 0.15) is 44.9 Å². The van der Waals surface area contributed by atoms with Gasteiger partial charge in [-0.2, -0.15) is 4.37 Å². The molecule has 1 aromatic heterocycles. The summed E-state index contributed by atoms with van der Waals surface area (Å²) in [4.78, 5) is 20.8. The molecule has 6 atom stereocenters. The number of amides is 1. The van der Waals surface area contributed by atoms with Crippen molar-refractivity contribution in [2.75, 3.05) is 50.7 Å². The van der Waals surface area contributed by atoms with E-state index in [4.69, 9.17) is 4.37 Å². The molecule has 5 fully saturated rings. The Morgan fingerprint density at radius 2 is 1.68 bits per heavy atom. The zero-order chi connectivity index (χ0) is 22.6. The smallest absolute Gasteiger partial charge is 0.226 e. The molecular weight excluding hydrogens is 440 g/mol. The molecule has 5 aliphatic rings. The first-order valence-corrected chi connectivity index (χ1v) is 14.6. The average Bonchev–Trinajstić information content (AvgIpc) is 3.64. The van der Waals surface area contributed by atoms with Crippen LogP contribution < -0.4 is 4.90 Å². The fraction of sp³-hybridized carbons (Fsp3) is 0.714. The normalized spacial score (nSPS) is 36.1. The first-order valence-electron chi connectivity index (χ1n) is 13.8. The summed E-state index contributed by atoms with van der Waals surface area (Å²) in [6, 6.07) is 8.63. The van der Waals surface area contributed by atoms with E-state index >= 15 is 0 Å². The van der Waals surface area contributed by atoms with Gasteiger partial charge in [-0.3, -0.25) is 9.69 Å². The van der Waals surface area contributed by atoms with E-state index in [-0.39, 0.29) is 0 Å². The van der Waals surface area contributed by atoms with Gasteiger partial charge in [0.15, 0.2) is 0 Å². The van der Waals surface area contributed by atoms with Gasteiger partial charge in [-0.25, -0.2) is 0 Å². The first-order chi connectivity index (χ1) is 16.7. The molecule has 5 nitrogen and oxygen atoms in total. The maximum atomic E-state index is 13.3. The summed E-state index contributed by atoms with van der Waals surface area (Å²) >= 11 is 1.62. The van der Waals surface area contributed by atoms with Gasteiger partial charge in [0, 0.05) is 57.1 Å². The Bertz CT molecular complexity index is 1050. The molecule has 1 aromatic carbocycles. The van der Waals surface area contributed by atoms with Crippen LogP contribution in [0.4, 0.5) is 5.82 Å². The minimum absolute atomic E-state index is 0.399. The third kappa shape index (κ3) is 3.67. The van der Waals surface area contributed by atoms with E-state index in [9.17, 15) is 4.79 Å². The monoisotopic (exact) mass is 478 g/mol. The van der Waals surface area contributed by atoms with Crippen molar-refractivity contribution in [1.82, 2.24) is 14.2 Å². The first kappa shape index (κ1) is 21.6. The van der Waals surface area contributed by atoms with E-state index in [1.807, 2.05) is 0 Å². The maximum absolute atomic E-state index is 13.3. The van der Waals surface area contributed by atoms with Gasteiger partial charge in [-0.15, -0.1) is 0 Å². The zero-order valence-corrected chi connectivity index (χ0v) is 21.1. The van der Waals surface area contributed by atoms with Gasteiger partial charge in [-0.1, -0.05) is 25.0 Å². The maximum Gasteiger partial charge on any atom is 0.226 e. The summed E-state index contributed by atoms with van der Waals surface area (Å²) in [6.45, 7) is 7.74. The lowest BCUT2D eigenvalue weighted by Gasteiger charge is -2.41. The molecule has 2 bridgehead atoms. The van der Waals surface area contributed by atoms with Crippen LogP contribution in [0.15, 0.2) is 24.3 Å². The number of rotatable bonds is 5. The van der Waals surface area contributed by atoms with E-state index < -0.39 is 0 Å². The summed E-state index contributed by atoms with van der Waals surface area (Å²) in [5.74, 6) is 5.85. The van der Waals surface area contributed by atoms with Gasteiger partial charge in [0.2, 0.25) is 5.91 Å². The van der Waals surface area contributed by atoms with Crippen molar-refractivity contribution in [1.29, 1.82) is 0 Å². The summed E-state index contributed by atoms with van der Waals surface area (Å²) in [7, 11) is 0. The molecule has 1 amide bonds. The van der Waals surface area contributed by atoms with Crippen LogP contribution in [0.3, 0.4) is 0 Å². The Morgan fingerprint density at radius 3 is 2.50 bits per heavy atom. The quantitative estimate of drug-likeness (QED) is 0.623. The van der Waals surface area contributed by atoms with Crippen molar-refractivity contribution in [3.8, 4) is 0 Å². The molecule has 6 heteroatoms. The molecule has 34 heavy (non-hydrogen) atoms. The molecule has 0 spiro atoms. The highest BCUT2D eigenvalue weighted by Gasteiger charge is 2.56. The van der Waals surface area contributed by atoms with E-state index in [2.05, 4.69) is 39.0 Å². The van der Waals surface area contributed by atoms with E-state index in [0.717, 1.165) is 57.0 Å². The Balaban J connectivity index is 0.967. The van der Waals surface area contributed by atoms with Gasteiger partial charge >= 0.3 is 0 Å². The van der Waals surface area contributed by atoms with Crippen molar-refractivity contribution in [2.24, 2.45) is 35.5 Å². The molecule has 2 aliphatic heterocycles. The Kier molecular flexibility index (Phi) is 5.58. The average molecular weight is 479 g/mol. The molecule has 0 radical (unpaired) electrons. The molecule has 0 N–H and O–H groups in total. The van der Waals surface area contributed by atoms with E-state index in [1.54, 1.807) is 11.5 Å². The fourth-order valence-corrected chi connectivity index (χ4v) is 9.20. The molecule has 3 heterocycles. The lowest BCUT2D eigenvalue weighted by atomic mass is 9.78. The van der Waals surface area contributed by atoms with Crippen molar-refractivity contribution < 1.29 is 4.79 Å². The van der Waals surface area contributed by atoms with Crippen molar-refractivity contribution in [2.45, 2.75) is 44.9 Å². The largest absolute Gasteiger partial charge is 0.353 e. The molecule has 2 aromatic rings. The van der Waals surface area contributed by atoms with Crippen LogP contribution >= 0.6 is 11.5 Å². The lowest BCUT2D eigenvalue weighted by Crippen LogP contribution is -2.49. The van der Waals surface area contributed by atoms with Gasteiger partial charge < -0.3 is 9.80 Å². The summed E-state index contributed by atoms with van der Waals surface area (Å²) in [5, 5.41) is 1.31.